The van der Waals surface area contributed by atoms with Crippen molar-refractivity contribution in [2.24, 2.45) is 4.99 Å². The average molecular weight is 250 g/mol. The highest BCUT2D eigenvalue weighted by Crippen LogP contribution is 2.16. The predicted molar refractivity (Wildman–Crippen MR) is 70.8 cm³/mol. The smallest absolute Gasteiger partial charge is 0.337 e. The number of hydrogen-bond donors (Lipinski definition) is 1. The number of ether oxygens (including phenoxy) is 1. The maximum atomic E-state index is 11.2. The van der Waals surface area contributed by atoms with E-state index in [9.17, 15) is 4.79 Å². The third-order valence-corrected chi connectivity index (χ3v) is 3.35. The summed E-state index contributed by atoms with van der Waals surface area (Å²) in [5.41, 5.74) is 1.49. The number of aliphatic imine (C=N–C) groups is 1. The number of hydrogen-bond acceptors (Lipinski definition) is 5. The molecule has 17 heavy (non-hydrogen) atoms. The number of carbonyl (C=O) groups is 1. The largest absolute Gasteiger partial charge is 0.465 e. The van der Waals surface area contributed by atoms with Crippen molar-refractivity contribution in [2.75, 3.05) is 24.7 Å². The molecule has 1 aliphatic heterocycles. The van der Waals surface area contributed by atoms with E-state index in [1.807, 2.05) is 12.1 Å². The van der Waals surface area contributed by atoms with Gasteiger partial charge in [-0.1, -0.05) is 11.8 Å². The summed E-state index contributed by atoms with van der Waals surface area (Å²) in [4.78, 5) is 15.6. The van der Waals surface area contributed by atoms with Crippen molar-refractivity contribution in [3.8, 4) is 0 Å². The number of thioether (sulfide) groups is 1. The lowest BCUT2D eigenvalue weighted by Gasteiger charge is -2.13. The highest BCUT2D eigenvalue weighted by Gasteiger charge is 2.07. The molecule has 0 aromatic heterocycles. The molecule has 0 unspecified atom stereocenters. The van der Waals surface area contributed by atoms with Gasteiger partial charge in [-0.15, -0.1) is 0 Å². The summed E-state index contributed by atoms with van der Waals surface area (Å²) in [7, 11) is 1.38. The van der Waals surface area contributed by atoms with E-state index in [1.165, 1.54) is 7.11 Å². The normalized spacial score (nSPS) is 15.0. The molecule has 4 nitrogen and oxygen atoms in total. The van der Waals surface area contributed by atoms with Crippen LogP contribution < -0.4 is 5.32 Å². The van der Waals surface area contributed by atoms with E-state index in [0.29, 0.717) is 5.56 Å². The van der Waals surface area contributed by atoms with E-state index in [0.717, 1.165) is 29.6 Å². The van der Waals surface area contributed by atoms with Crippen molar-refractivity contribution in [3.05, 3.63) is 29.8 Å². The highest BCUT2D eigenvalue weighted by molar-refractivity contribution is 8.14. The molecule has 5 heteroatoms. The molecular weight excluding hydrogens is 236 g/mol. The van der Waals surface area contributed by atoms with Gasteiger partial charge in [-0.3, -0.25) is 4.99 Å². The van der Waals surface area contributed by atoms with Crippen LogP contribution in [0.15, 0.2) is 29.3 Å². The Bertz CT molecular complexity index is 429. The van der Waals surface area contributed by atoms with Gasteiger partial charge in [0.25, 0.3) is 0 Å². The Morgan fingerprint density at radius 3 is 2.76 bits per heavy atom. The van der Waals surface area contributed by atoms with Crippen LogP contribution in [0.4, 0.5) is 5.69 Å². The molecule has 1 aromatic carbocycles. The molecule has 1 aliphatic rings. The van der Waals surface area contributed by atoms with Crippen LogP contribution in [0.5, 0.6) is 0 Å². The van der Waals surface area contributed by atoms with Crippen LogP contribution in [0, 0.1) is 0 Å². The number of esters is 1. The summed E-state index contributed by atoms with van der Waals surface area (Å²) in [5.74, 6) is 0.785. The zero-order valence-corrected chi connectivity index (χ0v) is 10.4. The van der Waals surface area contributed by atoms with Crippen LogP contribution in [0.2, 0.25) is 0 Å². The van der Waals surface area contributed by atoms with Gasteiger partial charge in [-0.2, -0.15) is 0 Å². The van der Waals surface area contributed by atoms with Crippen LogP contribution in [0.3, 0.4) is 0 Å². The van der Waals surface area contributed by atoms with E-state index < -0.39 is 0 Å². The molecule has 1 heterocycles. The van der Waals surface area contributed by atoms with Crippen molar-refractivity contribution in [3.63, 3.8) is 0 Å². The molecule has 0 amide bonds. The third-order valence-electron chi connectivity index (χ3n) is 2.35. The molecule has 2 rings (SSSR count). The van der Waals surface area contributed by atoms with Gasteiger partial charge in [0.2, 0.25) is 0 Å². The number of amidine groups is 1. The molecule has 1 aromatic rings. The number of nitrogens with one attached hydrogen (secondary N) is 1. The first-order valence-corrected chi connectivity index (χ1v) is 6.41. The predicted octanol–water partition coefficient (Wildman–Crippen LogP) is 2.38. The van der Waals surface area contributed by atoms with Crippen molar-refractivity contribution in [1.29, 1.82) is 0 Å². The van der Waals surface area contributed by atoms with E-state index in [2.05, 4.69) is 15.0 Å². The number of methoxy groups -OCH3 is 1. The fourth-order valence-corrected chi connectivity index (χ4v) is 2.31. The Hall–Kier alpha value is -1.49. The number of nitrogens with zero attached hydrogens (tertiary/aromatic N) is 1. The Balaban J connectivity index is 2.02. The summed E-state index contributed by atoms with van der Waals surface area (Å²) >= 11 is 1.72. The topological polar surface area (TPSA) is 50.7 Å². The Kier molecular flexibility index (Phi) is 4.03. The van der Waals surface area contributed by atoms with E-state index in [4.69, 9.17) is 0 Å². The van der Waals surface area contributed by atoms with Gasteiger partial charge in [-0.05, 0) is 30.7 Å². The van der Waals surface area contributed by atoms with Crippen molar-refractivity contribution in [2.45, 2.75) is 6.42 Å². The molecule has 0 spiro atoms. The zero-order chi connectivity index (χ0) is 12.1. The Morgan fingerprint density at radius 1 is 1.41 bits per heavy atom. The minimum atomic E-state index is -0.319. The highest BCUT2D eigenvalue weighted by atomic mass is 32.2. The van der Waals surface area contributed by atoms with Crippen LogP contribution in [-0.2, 0) is 4.74 Å². The Labute approximate surface area is 104 Å². The molecule has 0 saturated carbocycles. The first kappa shape index (κ1) is 12.0. The fraction of sp³-hybridized carbons (Fsp3) is 0.333. The SMILES string of the molecule is COC(=O)c1ccc(NC2=NCCCS2)cc1. The lowest BCUT2D eigenvalue weighted by atomic mass is 10.2. The molecule has 0 saturated heterocycles. The second kappa shape index (κ2) is 5.72. The number of rotatable bonds is 2. The van der Waals surface area contributed by atoms with Crippen molar-refractivity contribution < 1.29 is 9.53 Å². The fourth-order valence-electron chi connectivity index (χ4n) is 1.47. The summed E-state index contributed by atoms with van der Waals surface area (Å²) in [6.45, 7) is 0.885. The number of carbonyl (C=O) groups excluding carboxylic acids is 1. The maximum Gasteiger partial charge on any atom is 0.337 e. The van der Waals surface area contributed by atoms with E-state index in [1.54, 1.807) is 23.9 Å². The average Bonchev–Trinajstić information content (AvgIpc) is 2.40. The summed E-state index contributed by atoms with van der Waals surface area (Å²) < 4.78 is 4.64. The Morgan fingerprint density at radius 2 is 2.18 bits per heavy atom. The van der Waals surface area contributed by atoms with Gasteiger partial charge >= 0.3 is 5.97 Å². The van der Waals surface area contributed by atoms with Crippen molar-refractivity contribution >= 4 is 28.6 Å². The van der Waals surface area contributed by atoms with E-state index >= 15 is 0 Å². The molecule has 0 fully saturated rings. The standard InChI is InChI=1S/C12H14N2O2S/c1-16-11(15)9-3-5-10(6-4-9)14-12-13-7-2-8-17-12/h3-6H,2,7-8H2,1H3,(H,13,14). The lowest BCUT2D eigenvalue weighted by molar-refractivity contribution is 0.0601. The van der Waals surface area contributed by atoms with Gasteiger partial charge in [0.1, 0.15) is 0 Å². The minimum absolute atomic E-state index is 0.319. The lowest BCUT2D eigenvalue weighted by Crippen LogP contribution is -2.13. The van der Waals surface area contributed by atoms with Crippen LogP contribution in [0.25, 0.3) is 0 Å². The van der Waals surface area contributed by atoms with Crippen molar-refractivity contribution in [1.82, 2.24) is 0 Å². The number of anilines is 1. The van der Waals surface area contributed by atoms with Gasteiger partial charge in [0.15, 0.2) is 5.17 Å². The van der Waals surface area contributed by atoms with Gasteiger partial charge in [-0.25, -0.2) is 4.79 Å². The summed E-state index contributed by atoms with van der Waals surface area (Å²) in [5, 5.41) is 4.17. The van der Waals surface area contributed by atoms with Gasteiger partial charge in [0.05, 0.1) is 12.7 Å². The second-order valence-corrected chi connectivity index (χ2v) is 4.67. The molecule has 0 radical (unpaired) electrons. The molecule has 0 bridgehead atoms. The monoisotopic (exact) mass is 250 g/mol. The van der Waals surface area contributed by atoms with Gasteiger partial charge < -0.3 is 10.1 Å². The summed E-state index contributed by atoms with van der Waals surface area (Å²) in [6, 6.07) is 7.18. The zero-order valence-electron chi connectivity index (χ0n) is 9.60. The number of benzene rings is 1. The van der Waals surface area contributed by atoms with E-state index in [-0.39, 0.29) is 5.97 Å². The first-order valence-electron chi connectivity index (χ1n) is 5.42. The molecular formula is C12H14N2O2S. The first-order chi connectivity index (χ1) is 8.29. The molecule has 90 valence electrons. The quantitative estimate of drug-likeness (QED) is 0.819. The second-order valence-electron chi connectivity index (χ2n) is 3.58. The molecule has 1 N–H and O–H groups in total. The van der Waals surface area contributed by atoms with Gasteiger partial charge in [0, 0.05) is 18.0 Å². The van der Waals surface area contributed by atoms with Crippen LogP contribution in [0.1, 0.15) is 16.8 Å². The third kappa shape index (κ3) is 3.23. The van der Waals surface area contributed by atoms with Crippen LogP contribution in [-0.4, -0.2) is 30.5 Å². The summed E-state index contributed by atoms with van der Waals surface area (Å²) in [6.07, 6.45) is 1.14. The van der Waals surface area contributed by atoms with Crippen LogP contribution >= 0.6 is 11.8 Å². The minimum Gasteiger partial charge on any atom is -0.465 e. The molecule has 0 atom stereocenters. The maximum absolute atomic E-state index is 11.2. The molecule has 0 aliphatic carbocycles.